The maximum Gasteiger partial charge on any atom is 0.335 e. The molecule has 68 valence electrons. The number of aromatic hydroxyl groups is 1. The largest absolute Gasteiger partial charge is 0.508 e. The van der Waals surface area contributed by atoms with E-state index in [1.165, 1.54) is 12.1 Å². The van der Waals surface area contributed by atoms with Gasteiger partial charge in [-0.15, -0.1) is 0 Å². The lowest BCUT2D eigenvalue weighted by atomic mass is 10.2. The number of aromatic carboxylic acids is 1. The first-order valence-electron chi connectivity index (χ1n) is 3.41. The zero-order valence-corrected chi connectivity index (χ0v) is 6.52. The summed E-state index contributed by atoms with van der Waals surface area (Å²) in [5.41, 5.74) is 0.164. The van der Waals surface area contributed by atoms with Crippen LogP contribution in [0.15, 0.2) is 18.2 Å². The summed E-state index contributed by atoms with van der Waals surface area (Å²) in [6, 6.07) is 3.59. The molecule has 1 aromatic rings. The molecular formula is C8H7NO4. The van der Waals surface area contributed by atoms with Crippen LogP contribution in [0.25, 0.3) is 0 Å². The minimum atomic E-state index is -1.16. The molecule has 3 N–H and O–H groups in total. The lowest BCUT2D eigenvalue weighted by Crippen LogP contribution is -1.99. The first kappa shape index (κ1) is 9.05. The summed E-state index contributed by atoms with van der Waals surface area (Å²) in [4.78, 5) is 20.5. The van der Waals surface area contributed by atoms with Crippen LogP contribution in [0.4, 0.5) is 5.69 Å². The van der Waals surface area contributed by atoms with Crippen LogP contribution < -0.4 is 5.32 Å². The molecule has 5 heteroatoms. The average Bonchev–Trinajstić information content (AvgIpc) is 2.03. The Labute approximate surface area is 73.6 Å². The predicted molar refractivity (Wildman–Crippen MR) is 44.8 cm³/mol. The van der Waals surface area contributed by atoms with E-state index < -0.39 is 5.97 Å². The van der Waals surface area contributed by atoms with Gasteiger partial charge in [0.25, 0.3) is 0 Å². The highest BCUT2D eigenvalue weighted by Gasteiger charge is 2.05. The third-order valence-corrected chi connectivity index (χ3v) is 1.39. The summed E-state index contributed by atoms with van der Waals surface area (Å²) < 4.78 is 0. The lowest BCUT2D eigenvalue weighted by molar-refractivity contribution is -0.105. The number of carboxylic acids is 1. The van der Waals surface area contributed by atoms with Crippen LogP contribution in [-0.2, 0) is 4.79 Å². The fourth-order valence-corrected chi connectivity index (χ4v) is 0.886. The molecule has 1 rings (SSSR count). The molecule has 0 aromatic heterocycles. The normalized spacial score (nSPS) is 9.23. The Hall–Kier alpha value is -2.04. The lowest BCUT2D eigenvalue weighted by Gasteiger charge is -2.01. The Morgan fingerprint density at radius 3 is 2.62 bits per heavy atom. The van der Waals surface area contributed by atoms with Crippen molar-refractivity contribution in [3.8, 4) is 5.75 Å². The Morgan fingerprint density at radius 1 is 1.38 bits per heavy atom. The SMILES string of the molecule is O=CNc1cc(O)cc(C(=O)O)c1. The molecule has 0 radical (unpaired) electrons. The Bertz CT molecular complexity index is 348. The minimum Gasteiger partial charge on any atom is -0.508 e. The van der Waals surface area contributed by atoms with Gasteiger partial charge in [0.2, 0.25) is 6.41 Å². The molecule has 0 saturated heterocycles. The van der Waals surface area contributed by atoms with Gasteiger partial charge in [0.15, 0.2) is 0 Å². The van der Waals surface area contributed by atoms with Crippen molar-refractivity contribution in [3.05, 3.63) is 23.8 Å². The van der Waals surface area contributed by atoms with E-state index in [0.29, 0.717) is 6.41 Å². The van der Waals surface area contributed by atoms with Crippen molar-refractivity contribution in [2.24, 2.45) is 0 Å². The summed E-state index contributed by atoms with van der Waals surface area (Å²) in [7, 11) is 0. The number of phenolic OH excluding ortho intramolecular Hbond substituents is 1. The van der Waals surface area contributed by atoms with Crippen LogP contribution in [0.5, 0.6) is 5.75 Å². The third-order valence-electron chi connectivity index (χ3n) is 1.39. The van der Waals surface area contributed by atoms with E-state index in [0.717, 1.165) is 6.07 Å². The first-order valence-corrected chi connectivity index (χ1v) is 3.41. The number of hydrogen-bond acceptors (Lipinski definition) is 3. The molecule has 5 nitrogen and oxygen atoms in total. The highest BCUT2D eigenvalue weighted by Crippen LogP contribution is 2.19. The molecule has 0 aliphatic heterocycles. The molecule has 1 aromatic carbocycles. The standard InChI is InChI=1S/C8H7NO4/c10-4-9-6-1-5(8(12)13)2-7(11)3-6/h1-4,11H,(H,9,10)(H,12,13). The highest BCUT2D eigenvalue weighted by atomic mass is 16.4. The summed E-state index contributed by atoms with van der Waals surface area (Å²) in [5, 5.41) is 19.9. The van der Waals surface area contributed by atoms with E-state index in [4.69, 9.17) is 10.2 Å². The van der Waals surface area contributed by atoms with Crippen LogP contribution in [0.2, 0.25) is 0 Å². The number of hydrogen-bond donors (Lipinski definition) is 3. The van der Waals surface area contributed by atoms with Crippen molar-refractivity contribution in [1.82, 2.24) is 0 Å². The van der Waals surface area contributed by atoms with Gasteiger partial charge in [0, 0.05) is 11.8 Å². The molecule has 0 unspecified atom stereocenters. The van der Waals surface area contributed by atoms with Crippen LogP contribution >= 0.6 is 0 Å². The molecule has 0 spiro atoms. The number of carbonyl (C=O) groups is 2. The second-order valence-electron chi connectivity index (χ2n) is 2.34. The van der Waals surface area contributed by atoms with Crippen LogP contribution in [-0.4, -0.2) is 22.6 Å². The van der Waals surface area contributed by atoms with Gasteiger partial charge in [-0.2, -0.15) is 0 Å². The van der Waals surface area contributed by atoms with Gasteiger partial charge in [-0.1, -0.05) is 0 Å². The van der Waals surface area contributed by atoms with Crippen molar-refractivity contribution >= 4 is 18.1 Å². The van der Waals surface area contributed by atoms with Crippen molar-refractivity contribution in [2.45, 2.75) is 0 Å². The van der Waals surface area contributed by atoms with E-state index in [9.17, 15) is 9.59 Å². The Morgan fingerprint density at radius 2 is 2.08 bits per heavy atom. The number of benzene rings is 1. The number of rotatable bonds is 3. The quantitative estimate of drug-likeness (QED) is 0.598. The summed E-state index contributed by atoms with van der Waals surface area (Å²) in [5.74, 6) is -1.37. The molecule has 1 amide bonds. The maximum absolute atomic E-state index is 10.5. The number of nitrogens with one attached hydrogen (secondary N) is 1. The number of phenols is 1. The number of carboxylic acid groups (broad SMARTS) is 1. The van der Waals surface area contributed by atoms with E-state index in [-0.39, 0.29) is 17.0 Å². The van der Waals surface area contributed by atoms with Gasteiger partial charge >= 0.3 is 5.97 Å². The van der Waals surface area contributed by atoms with Gasteiger partial charge < -0.3 is 15.5 Å². The maximum atomic E-state index is 10.5. The first-order chi connectivity index (χ1) is 6.13. The molecule has 0 saturated carbocycles. The molecular weight excluding hydrogens is 174 g/mol. The van der Waals surface area contributed by atoms with Crippen molar-refractivity contribution < 1.29 is 19.8 Å². The third kappa shape index (κ3) is 2.19. The summed E-state index contributed by atoms with van der Waals surface area (Å²) in [6.07, 6.45) is 0.403. The second kappa shape index (κ2) is 3.57. The smallest absolute Gasteiger partial charge is 0.335 e. The minimum absolute atomic E-state index is 0.0793. The molecule has 13 heavy (non-hydrogen) atoms. The zero-order valence-electron chi connectivity index (χ0n) is 6.52. The molecule has 0 fully saturated rings. The number of carbonyl (C=O) groups excluding carboxylic acids is 1. The molecule has 0 aliphatic carbocycles. The molecule has 0 bridgehead atoms. The highest BCUT2D eigenvalue weighted by molar-refractivity contribution is 5.90. The Kier molecular flexibility index (Phi) is 2.49. The van der Waals surface area contributed by atoms with Gasteiger partial charge in [-0.05, 0) is 12.1 Å². The molecule has 0 heterocycles. The number of amides is 1. The van der Waals surface area contributed by atoms with Crippen molar-refractivity contribution in [3.63, 3.8) is 0 Å². The van der Waals surface area contributed by atoms with E-state index >= 15 is 0 Å². The van der Waals surface area contributed by atoms with Gasteiger partial charge in [0.05, 0.1) is 5.56 Å². The average molecular weight is 181 g/mol. The van der Waals surface area contributed by atoms with Crippen LogP contribution in [0.3, 0.4) is 0 Å². The Balaban J connectivity index is 3.10. The monoisotopic (exact) mass is 181 g/mol. The van der Waals surface area contributed by atoms with Crippen LogP contribution in [0.1, 0.15) is 10.4 Å². The topological polar surface area (TPSA) is 86.6 Å². The van der Waals surface area contributed by atoms with Crippen molar-refractivity contribution in [2.75, 3.05) is 5.32 Å². The van der Waals surface area contributed by atoms with Gasteiger partial charge in [-0.3, -0.25) is 4.79 Å². The molecule has 0 atom stereocenters. The molecule has 0 aliphatic rings. The summed E-state index contributed by atoms with van der Waals surface area (Å²) in [6.45, 7) is 0. The predicted octanol–water partition coefficient (Wildman–Crippen LogP) is 0.659. The van der Waals surface area contributed by atoms with Gasteiger partial charge in [0.1, 0.15) is 5.75 Å². The summed E-state index contributed by atoms with van der Waals surface area (Å²) >= 11 is 0. The fraction of sp³-hybridized carbons (Fsp3) is 0. The van der Waals surface area contributed by atoms with Crippen LogP contribution in [0, 0.1) is 0 Å². The van der Waals surface area contributed by atoms with Gasteiger partial charge in [-0.25, -0.2) is 4.79 Å². The van der Waals surface area contributed by atoms with E-state index in [1.54, 1.807) is 0 Å². The van der Waals surface area contributed by atoms with Crippen molar-refractivity contribution in [1.29, 1.82) is 0 Å². The number of anilines is 1. The zero-order chi connectivity index (χ0) is 9.84. The fourth-order valence-electron chi connectivity index (χ4n) is 0.886. The van der Waals surface area contributed by atoms with E-state index in [1.807, 2.05) is 0 Å². The van der Waals surface area contributed by atoms with E-state index in [2.05, 4.69) is 5.32 Å². The second-order valence-corrected chi connectivity index (χ2v) is 2.34.